The molecule has 0 aromatic carbocycles. The van der Waals surface area contributed by atoms with E-state index < -0.39 is 0 Å². The highest BCUT2D eigenvalue weighted by Crippen LogP contribution is 2.38. The molecule has 0 aromatic rings. The third-order valence-electron chi connectivity index (χ3n) is 4.38. The average molecular weight is 245 g/mol. The Kier molecular flexibility index (Phi) is 3.54. The predicted molar refractivity (Wildman–Crippen MR) is 69.8 cm³/mol. The van der Waals surface area contributed by atoms with Crippen LogP contribution in [0.25, 0.3) is 0 Å². The Labute approximate surface area is 105 Å². The SMILES string of the molecule is CN1CCC2CCN(C(C)(C)C)CC2C1Cl. The van der Waals surface area contributed by atoms with Crippen molar-refractivity contribution < 1.29 is 0 Å². The van der Waals surface area contributed by atoms with Crippen molar-refractivity contribution in [3.8, 4) is 0 Å². The van der Waals surface area contributed by atoms with Gasteiger partial charge in [-0.2, -0.15) is 0 Å². The standard InChI is InChI=1S/C13H25ClN2/c1-13(2,3)16-8-6-10-5-7-15(4)12(14)11(10)9-16/h10-12H,5-9H2,1-4H3. The molecule has 0 radical (unpaired) electrons. The van der Waals surface area contributed by atoms with Crippen LogP contribution in [-0.4, -0.2) is 47.5 Å². The molecule has 2 nitrogen and oxygen atoms in total. The molecule has 2 heterocycles. The van der Waals surface area contributed by atoms with Crippen LogP contribution in [0.3, 0.4) is 0 Å². The summed E-state index contributed by atoms with van der Waals surface area (Å²) in [5, 5.41) is 0. The number of likely N-dealkylation sites (tertiary alicyclic amines) is 2. The molecule has 0 N–H and O–H groups in total. The summed E-state index contributed by atoms with van der Waals surface area (Å²) in [6.07, 6.45) is 2.67. The van der Waals surface area contributed by atoms with E-state index in [-0.39, 0.29) is 11.0 Å². The first-order valence-corrected chi connectivity index (χ1v) is 6.92. The van der Waals surface area contributed by atoms with Gasteiger partial charge in [-0.15, -0.1) is 11.6 Å². The van der Waals surface area contributed by atoms with Gasteiger partial charge in [-0.3, -0.25) is 9.80 Å². The van der Waals surface area contributed by atoms with Crippen LogP contribution in [0, 0.1) is 11.8 Å². The second-order valence-corrected chi connectivity index (χ2v) is 6.92. The summed E-state index contributed by atoms with van der Waals surface area (Å²) >= 11 is 6.56. The number of piperidine rings is 2. The average Bonchev–Trinajstić information content (AvgIpc) is 2.22. The Bertz CT molecular complexity index is 247. The lowest BCUT2D eigenvalue weighted by Gasteiger charge is -2.50. The molecule has 16 heavy (non-hydrogen) atoms. The summed E-state index contributed by atoms with van der Waals surface area (Å²) in [7, 11) is 2.16. The van der Waals surface area contributed by atoms with Crippen LogP contribution < -0.4 is 0 Å². The number of alkyl halides is 1. The lowest BCUT2D eigenvalue weighted by Crippen LogP contribution is -2.56. The van der Waals surface area contributed by atoms with E-state index in [1.165, 1.54) is 32.5 Å². The monoisotopic (exact) mass is 244 g/mol. The van der Waals surface area contributed by atoms with E-state index in [1.807, 2.05) is 0 Å². The molecular formula is C13H25ClN2. The first kappa shape index (κ1) is 12.7. The first-order valence-electron chi connectivity index (χ1n) is 6.49. The lowest BCUT2D eigenvalue weighted by molar-refractivity contribution is -0.00146. The third-order valence-corrected chi connectivity index (χ3v) is 5.04. The predicted octanol–water partition coefficient (Wildman–Crippen LogP) is 2.62. The summed E-state index contributed by atoms with van der Waals surface area (Å²) in [5.41, 5.74) is 0.529. The fraction of sp³-hybridized carbons (Fsp3) is 1.00. The van der Waals surface area contributed by atoms with Crippen molar-refractivity contribution in [3.63, 3.8) is 0 Å². The van der Waals surface area contributed by atoms with Gasteiger partial charge in [0.05, 0.1) is 5.50 Å². The molecule has 2 saturated heterocycles. The van der Waals surface area contributed by atoms with Gasteiger partial charge in [0.25, 0.3) is 0 Å². The second kappa shape index (κ2) is 4.47. The maximum atomic E-state index is 6.56. The highest BCUT2D eigenvalue weighted by atomic mass is 35.5. The number of hydrogen-bond donors (Lipinski definition) is 0. The maximum Gasteiger partial charge on any atom is 0.0891 e. The molecular weight excluding hydrogens is 220 g/mol. The van der Waals surface area contributed by atoms with Crippen molar-refractivity contribution in [2.45, 2.75) is 44.7 Å². The molecule has 0 amide bonds. The van der Waals surface area contributed by atoms with Gasteiger partial charge < -0.3 is 0 Å². The Morgan fingerprint density at radius 2 is 1.75 bits per heavy atom. The van der Waals surface area contributed by atoms with Crippen LogP contribution in [-0.2, 0) is 0 Å². The van der Waals surface area contributed by atoms with Crippen molar-refractivity contribution >= 4 is 11.6 Å². The molecule has 0 aliphatic carbocycles. The molecule has 3 heteroatoms. The third kappa shape index (κ3) is 2.39. The maximum absolute atomic E-state index is 6.56. The minimum atomic E-state index is 0.240. The van der Waals surface area contributed by atoms with Crippen molar-refractivity contribution in [2.75, 3.05) is 26.7 Å². The molecule has 0 spiro atoms. The molecule has 2 rings (SSSR count). The van der Waals surface area contributed by atoms with Crippen molar-refractivity contribution in [1.29, 1.82) is 0 Å². The van der Waals surface area contributed by atoms with Crippen molar-refractivity contribution in [3.05, 3.63) is 0 Å². The fourth-order valence-corrected chi connectivity index (χ4v) is 3.51. The van der Waals surface area contributed by atoms with Crippen molar-refractivity contribution in [1.82, 2.24) is 9.80 Å². The first-order chi connectivity index (χ1) is 7.39. The Morgan fingerprint density at radius 1 is 1.12 bits per heavy atom. The number of nitrogens with zero attached hydrogens (tertiary/aromatic N) is 2. The summed E-state index contributed by atoms with van der Waals surface area (Å²) in [4.78, 5) is 4.91. The number of hydrogen-bond acceptors (Lipinski definition) is 2. The quantitative estimate of drug-likeness (QED) is 0.478. The van der Waals surface area contributed by atoms with Gasteiger partial charge in [0.1, 0.15) is 0 Å². The molecule has 2 fully saturated rings. The molecule has 2 aliphatic rings. The minimum absolute atomic E-state index is 0.240. The molecule has 0 saturated carbocycles. The van der Waals surface area contributed by atoms with E-state index >= 15 is 0 Å². The van der Waals surface area contributed by atoms with Gasteiger partial charge in [0, 0.05) is 18.0 Å². The highest BCUT2D eigenvalue weighted by molar-refractivity contribution is 6.20. The minimum Gasteiger partial charge on any atom is -0.298 e. The largest absolute Gasteiger partial charge is 0.298 e. The molecule has 3 unspecified atom stereocenters. The van der Waals surface area contributed by atoms with E-state index in [9.17, 15) is 0 Å². The highest BCUT2D eigenvalue weighted by Gasteiger charge is 2.41. The zero-order chi connectivity index (χ0) is 11.9. The summed E-state index contributed by atoms with van der Waals surface area (Å²) in [6.45, 7) is 10.5. The van der Waals surface area contributed by atoms with Gasteiger partial charge in [-0.05, 0) is 59.7 Å². The van der Waals surface area contributed by atoms with Crippen molar-refractivity contribution in [2.24, 2.45) is 11.8 Å². The van der Waals surface area contributed by atoms with Crippen LogP contribution in [0.1, 0.15) is 33.6 Å². The van der Waals surface area contributed by atoms with Gasteiger partial charge in [-0.25, -0.2) is 0 Å². The van der Waals surface area contributed by atoms with Crippen LogP contribution in [0.4, 0.5) is 0 Å². The summed E-state index contributed by atoms with van der Waals surface area (Å²) in [5.74, 6) is 1.52. The van der Waals surface area contributed by atoms with Crippen LogP contribution >= 0.6 is 11.6 Å². The second-order valence-electron chi connectivity index (χ2n) is 6.47. The fourth-order valence-electron chi connectivity index (χ4n) is 3.13. The smallest absolute Gasteiger partial charge is 0.0891 e. The Balaban J connectivity index is 2.05. The lowest BCUT2D eigenvalue weighted by atomic mass is 9.79. The molecule has 0 aromatic heterocycles. The number of halogens is 1. The van der Waals surface area contributed by atoms with E-state index in [1.54, 1.807) is 0 Å². The Morgan fingerprint density at radius 3 is 2.38 bits per heavy atom. The van der Waals surface area contributed by atoms with Gasteiger partial charge in [0.15, 0.2) is 0 Å². The number of fused-ring (bicyclic) bond motifs is 1. The van der Waals surface area contributed by atoms with E-state index in [0.717, 1.165) is 5.92 Å². The zero-order valence-corrected chi connectivity index (χ0v) is 11.8. The zero-order valence-electron chi connectivity index (χ0n) is 11.0. The topological polar surface area (TPSA) is 6.48 Å². The summed E-state index contributed by atoms with van der Waals surface area (Å²) < 4.78 is 0. The Hall–Kier alpha value is 0.210. The molecule has 0 bridgehead atoms. The van der Waals surface area contributed by atoms with E-state index in [2.05, 4.69) is 37.6 Å². The van der Waals surface area contributed by atoms with Gasteiger partial charge in [-0.1, -0.05) is 0 Å². The molecule has 2 aliphatic heterocycles. The van der Waals surface area contributed by atoms with E-state index in [0.29, 0.717) is 5.92 Å². The van der Waals surface area contributed by atoms with E-state index in [4.69, 9.17) is 11.6 Å². The van der Waals surface area contributed by atoms with Crippen LogP contribution in [0.15, 0.2) is 0 Å². The molecule has 3 atom stereocenters. The van der Waals surface area contributed by atoms with Crippen LogP contribution in [0.5, 0.6) is 0 Å². The normalized spacial score (nSPS) is 38.4. The van der Waals surface area contributed by atoms with Gasteiger partial charge >= 0.3 is 0 Å². The molecule has 94 valence electrons. The van der Waals surface area contributed by atoms with Crippen LogP contribution in [0.2, 0.25) is 0 Å². The van der Waals surface area contributed by atoms with Gasteiger partial charge in [0.2, 0.25) is 0 Å². The number of rotatable bonds is 0. The summed E-state index contributed by atoms with van der Waals surface area (Å²) in [6, 6.07) is 0.